The molecule has 0 aliphatic rings. The lowest BCUT2D eigenvalue weighted by Crippen LogP contribution is -2.23. The summed E-state index contributed by atoms with van der Waals surface area (Å²) in [7, 11) is 0. The number of ether oxygens (including phenoxy) is 1. The topological polar surface area (TPSA) is 64.4 Å². The fourth-order valence-corrected chi connectivity index (χ4v) is 1.76. The molecule has 112 valence electrons. The largest absolute Gasteiger partial charge is 0.411 e. The fourth-order valence-electron chi connectivity index (χ4n) is 1.37. The van der Waals surface area contributed by atoms with Crippen molar-refractivity contribution in [2.75, 3.05) is 19.8 Å². The van der Waals surface area contributed by atoms with E-state index < -0.39 is 17.7 Å². The Morgan fingerprint density at radius 1 is 1.40 bits per heavy atom. The van der Waals surface area contributed by atoms with Crippen molar-refractivity contribution in [2.24, 2.45) is 0 Å². The SMILES string of the molecule is O=[N+]([O-])c1cc(CNCCOCC(F)(F)F)ccc1Br. The first-order chi connectivity index (χ1) is 9.29. The molecule has 0 aliphatic heterocycles. The Bertz CT molecular complexity index is 469. The second kappa shape index (κ2) is 7.55. The van der Waals surface area contributed by atoms with Crippen LogP contribution in [-0.4, -0.2) is 30.9 Å². The minimum atomic E-state index is -4.33. The highest BCUT2D eigenvalue weighted by Gasteiger charge is 2.27. The summed E-state index contributed by atoms with van der Waals surface area (Å²) in [6.07, 6.45) is -4.33. The van der Waals surface area contributed by atoms with Gasteiger partial charge in [0.1, 0.15) is 6.61 Å². The number of nitrogens with one attached hydrogen (secondary N) is 1. The van der Waals surface area contributed by atoms with E-state index in [0.29, 0.717) is 16.6 Å². The molecule has 0 saturated carbocycles. The van der Waals surface area contributed by atoms with E-state index in [-0.39, 0.29) is 18.8 Å². The van der Waals surface area contributed by atoms with E-state index in [9.17, 15) is 23.3 Å². The van der Waals surface area contributed by atoms with Crippen molar-refractivity contribution in [3.8, 4) is 0 Å². The van der Waals surface area contributed by atoms with E-state index in [1.54, 1.807) is 12.1 Å². The third-order valence-corrected chi connectivity index (χ3v) is 2.90. The Balaban J connectivity index is 2.32. The normalized spacial score (nSPS) is 11.6. The highest BCUT2D eigenvalue weighted by molar-refractivity contribution is 9.10. The van der Waals surface area contributed by atoms with Crippen LogP contribution in [0.25, 0.3) is 0 Å². The van der Waals surface area contributed by atoms with Gasteiger partial charge >= 0.3 is 6.18 Å². The second-order valence-electron chi connectivity index (χ2n) is 3.89. The van der Waals surface area contributed by atoms with E-state index in [2.05, 4.69) is 26.0 Å². The summed E-state index contributed by atoms with van der Waals surface area (Å²) in [4.78, 5) is 10.2. The average Bonchev–Trinajstić information content (AvgIpc) is 2.33. The lowest BCUT2D eigenvalue weighted by molar-refractivity contribution is -0.385. The van der Waals surface area contributed by atoms with Gasteiger partial charge in [0.05, 0.1) is 16.0 Å². The van der Waals surface area contributed by atoms with Crippen molar-refractivity contribution >= 4 is 21.6 Å². The average molecular weight is 357 g/mol. The van der Waals surface area contributed by atoms with Crippen molar-refractivity contribution in [2.45, 2.75) is 12.7 Å². The van der Waals surface area contributed by atoms with Gasteiger partial charge in [-0.25, -0.2) is 0 Å². The zero-order valence-corrected chi connectivity index (χ0v) is 11.8. The van der Waals surface area contributed by atoms with Crippen LogP contribution in [-0.2, 0) is 11.3 Å². The predicted molar refractivity (Wildman–Crippen MR) is 69.4 cm³/mol. The Hall–Kier alpha value is -1.19. The summed E-state index contributed by atoms with van der Waals surface area (Å²) in [5.74, 6) is 0. The van der Waals surface area contributed by atoms with Crippen LogP contribution in [0.15, 0.2) is 22.7 Å². The molecule has 1 rings (SSSR count). The number of rotatable bonds is 7. The van der Waals surface area contributed by atoms with Gasteiger partial charge in [0.15, 0.2) is 0 Å². The summed E-state index contributed by atoms with van der Waals surface area (Å²) < 4.78 is 40.1. The Labute approximate surface area is 121 Å². The molecule has 1 N–H and O–H groups in total. The number of hydrogen-bond acceptors (Lipinski definition) is 4. The first-order valence-corrected chi connectivity index (χ1v) is 6.37. The first-order valence-electron chi connectivity index (χ1n) is 5.57. The molecule has 0 aromatic heterocycles. The molecule has 0 amide bonds. The molecule has 0 fully saturated rings. The van der Waals surface area contributed by atoms with Gasteiger partial charge in [0.25, 0.3) is 5.69 Å². The van der Waals surface area contributed by atoms with Crippen LogP contribution in [0.4, 0.5) is 18.9 Å². The van der Waals surface area contributed by atoms with E-state index in [4.69, 9.17) is 0 Å². The molecule has 0 spiro atoms. The second-order valence-corrected chi connectivity index (χ2v) is 4.74. The molecular formula is C11H12BrF3N2O3. The van der Waals surface area contributed by atoms with Crippen molar-refractivity contribution in [1.29, 1.82) is 0 Å². The van der Waals surface area contributed by atoms with Crippen LogP contribution in [0.1, 0.15) is 5.56 Å². The Morgan fingerprint density at radius 2 is 2.10 bits per heavy atom. The summed E-state index contributed by atoms with van der Waals surface area (Å²) in [5, 5.41) is 13.6. The van der Waals surface area contributed by atoms with Gasteiger partial charge in [-0.15, -0.1) is 0 Å². The first kappa shape index (κ1) is 16.9. The van der Waals surface area contributed by atoms with Crippen LogP contribution in [0.3, 0.4) is 0 Å². The fraction of sp³-hybridized carbons (Fsp3) is 0.455. The maximum atomic E-state index is 11.8. The van der Waals surface area contributed by atoms with Crippen molar-refractivity contribution in [1.82, 2.24) is 5.32 Å². The van der Waals surface area contributed by atoms with Crippen LogP contribution < -0.4 is 5.32 Å². The van der Waals surface area contributed by atoms with E-state index in [0.717, 1.165) is 0 Å². The number of halogens is 4. The molecule has 1 aromatic rings. The van der Waals surface area contributed by atoms with Crippen LogP contribution in [0, 0.1) is 10.1 Å². The third-order valence-electron chi connectivity index (χ3n) is 2.23. The van der Waals surface area contributed by atoms with E-state index in [1.165, 1.54) is 6.07 Å². The molecule has 0 radical (unpaired) electrons. The molecule has 5 nitrogen and oxygen atoms in total. The lowest BCUT2D eigenvalue weighted by atomic mass is 10.2. The van der Waals surface area contributed by atoms with E-state index >= 15 is 0 Å². The number of nitrogens with zero attached hydrogens (tertiary/aromatic N) is 1. The van der Waals surface area contributed by atoms with Crippen LogP contribution in [0.2, 0.25) is 0 Å². The van der Waals surface area contributed by atoms with Gasteiger partial charge < -0.3 is 10.1 Å². The van der Waals surface area contributed by atoms with Crippen LogP contribution in [0.5, 0.6) is 0 Å². The molecule has 1 aromatic carbocycles. The summed E-state index contributed by atoms with van der Waals surface area (Å²) in [6.45, 7) is -0.833. The molecular weight excluding hydrogens is 345 g/mol. The van der Waals surface area contributed by atoms with Crippen molar-refractivity contribution in [3.63, 3.8) is 0 Å². The monoisotopic (exact) mass is 356 g/mol. The molecule has 0 unspecified atom stereocenters. The molecule has 0 atom stereocenters. The number of alkyl halides is 3. The van der Waals surface area contributed by atoms with Gasteiger partial charge in [-0.1, -0.05) is 6.07 Å². The minimum absolute atomic E-state index is 0.0578. The van der Waals surface area contributed by atoms with E-state index in [1.807, 2.05) is 0 Å². The van der Waals surface area contributed by atoms with Gasteiger partial charge in [0, 0.05) is 19.2 Å². The zero-order valence-electron chi connectivity index (χ0n) is 10.2. The molecule has 0 aliphatic carbocycles. The number of nitro benzene ring substituents is 1. The zero-order chi connectivity index (χ0) is 15.2. The predicted octanol–water partition coefficient (Wildman–Crippen LogP) is 3.03. The molecule has 0 heterocycles. The quantitative estimate of drug-likeness (QED) is 0.463. The highest BCUT2D eigenvalue weighted by Crippen LogP contribution is 2.25. The Morgan fingerprint density at radius 3 is 2.70 bits per heavy atom. The smallest absolute Gasteiger partial charge is 0.371 e. The number of hydrogen-bond donors (Lipinski definition) is 1. The highest BCUT2D eigenvalue weighted by atomic mass is 79.9. The van der Waals surface area contributed by atoms with Gasteiger partial charge in [-0.3, -0.25) is 10.1 Å². The van der Waals surface area contributed by atoms with Crippen molar-refractivity contribution < 1.29 is 22.8 Å². The van der Waals surface area contributed by atoms with Gasteiger partial charge in [-0.05, 0) is 27.6 Å². The Kier molecular flexibility index (Phi) is 6.37. The third kappa shape index (κ3) is 6.31. The standard InChI is InChI=1S/C11H12BrF3N2O3/c12-9-2-1-8(5-10(9)17(18)19)6-16-3-4-20-7-11(13,14)15/h1-2,5,16H,3-4,6-7H2. The maximum absolute atomic E-state index is 11.8. The van der Waals surface area contributed by atoms with Gasteiger partial charge in [-0.2, -0.15) is 13.2 Å². The summed E-state index contributed by atoms with van der Waals surface area (Å²) in [6, 6.07) is 4.63. The maximum Gasteiger partial charge on any atom is 0.411 e. The van der Waals surface area contributed by atoms with Crippen molar-refractivity contribution in [3.05, 3.63) is 38.3 Å². The summed E-state index contributed by atoms with van der Waals surface area (Å²) >= 11 is 3.06. The molecule has 0 bridgehead atoms. The molecule has 9 heteroatoms. The minimum Gasteiger partial charge on any atom is -0.371 e. The molecule has 20 heavy (non-hydrogen) atoms. The number of benzene rings is 1. The van der Waals surface area contributed by atoms with Gasteiger partial charge in [0.2, 0.25) is 0 Å². The number of nitro groups is 1. The molecule has 0 saturated heterocycles. The van der Waals surface area contributed by atoms with Crippen LogP contribution >= 0.6 is 15.9 Å². The lowest BCUT2D eigenvalue weighted by Gasteiger charge is -2.08. The summed E-state index contributed by atoms with van der Waals surface area (Å²) in [5.41, 5.74) is 0.605.